The van der Waals surface area contributed by atoms with Gasteiger partial charge in [0, 0.05) is 31.7 Å². The van der Waals surface area contributed by atoms with Crippen molar-refractivity contribution < 1.29 is 9.59 Å². The summed E-state index contributed by atoms with van der Waals surface area (Å²) < 4.78 is 0. The normalized spacial score (nSPS) is 23.2. The van der Waals surface area contributed by atoms with E-state index in [-0.39, 0.29) is 29.6 Å². The van der Waals surface area contributed by atoms with Gasteiger partial charge in [-0.2, -0.15) is 0 Å². The van der Waals surface area contributed by atoms with Crippen LogP contribution in [0.15, 0.2) is 24.3 Å². The minimum Gasteiger partial charge on any atom is -0.351 e. The van der Waals surface area contributed by atoms with Crippen LogP contribution in [0, 0.1) is 5.41 Å². The zero-order chi connectivity index (χ0) is 17.9. The zero-order valence-electron chi connectivity index (χ0n) is 15.4. The van der Waals surface area contributed by atoms with Gasteiger partial charge in [0.1, 0.15) is 0 Å². The molecule has 144 valence electrons. The highest BCUT2D eigenvalue weighted by Gasteiger charge is 2.33. The molecule has 26 heavy (non-hydrogen) atoms. The Hall–Kier alpha value is -1.63. The predicted octanol–water partition coefficient (Wildman–Crippen LogP) is 1.52. The molecule has 2 saturated heterocycles. The maximum absolute atomic E-state index is 12.2. The van der Waals surface area contributed by atoms with Crippen molar-refractivity contribution in [1.29, 1.82) is 0 Å². The molecule has 1 unspecified atom stereocenters. The van der Waals surface area contributed by atoms with Crippen molar-refractivity contribution in [2.24, 2.45) is 11.1 Å². The number of hydrogen-bond acceptors (Lipinski definition) is 4. The first-order valence-electron chi connectivity index (χ1n) is 9.07. The number of amides is 2. The van der Waals surface area contributed by atoms with Crippen LogP contribution >= 0.6 is 12.4 Å². The Bertz CT molecular complexity index is 637. The molecular formula is C19H29ClN4O2. The number of carbonyl (C=O) groups excluding carboxylic acids is 2. The SMILES string of the molecule is CC1(CN)CCN(CC(=O)NCc2ccc(N3CCCC3=O)cc2)C1.Cl. The van der Waals surface area contributed by atoms with Crippen molar-refractivity contribution in [1.82, 2.24) is 10.2 Å². The molecule has 7 heteroatoms. The van der Waals surface area contributed by atoms with E-state index in [1.807, 2.05) is 29.2 Å². The summed E-state index contributed by atoms with van der Waals surface area (Å²) in [4.78, 5) is 27.9. The second-order valence-corrected chi connectivity index (χ2v) is 7.57. The van der Waals surface area contributed by atoms with Gasteiger partial charge in [-0.15, -0.1) is 12.4 Å². The van der Waals surface area contributed by atoms with Gasteiger partial charge >= 0.3 is 0 Å². The molecule has 2 aliphatic heterocycles. The van der Waals surface area contributed by atoms with Crippen molar-refractivity contribution in [2.45, 2.75) is 32.7 Å². The van der Waals surface area contributed by atoms with E-state index in [0.717, 1.165) is 43.7 Å². The molecule has 6 nitrogen and oxygen atoms in total. The first-order valence-corrected chi connectivity index (χ1v) is 9.07. The minimum atomic E-state index is 0. The molecule has 2 heterocycles. The fraction of sp³-hybridized carbons (Fsp3) is 0.579. The summed E-state index contributed by atoms with van der Waals surface area (Å²) in [6.45, 7) is 6.39. The summed E-state index contributed by atoms with van der Waals surface area (Å²) in [6.07, 6.45) is 2.61. The van der Waals surface area contributed by atoms with Gasteiger partial charge in [0.25, 0.3) is 0 Å². The molecule has 0 spiro atoms. The highest BCUT2D eigenvalue weighted by molar-refractivity contribution is 5.95. The summed E-state index contributed by atoms with van der Waals surface area (Å²) >= 11 is 0. The summed E-state index contributed by atoms with van der Waals surface area (Å²) in [5.74, 6) is 0.233. The van der Waals surface area contributed by atoms with E-state index in [2.05, 4.69) is 17.1 Å². The fourth-order valence-electron chi connectivity index (χ4n) is 3.60. The summed E-state index contributed by atoms with van der Waals surface area (Å²) in [6, 6.07) is 7.86. The van der Waals surface area contributed by atoms with E-state index in [9.17, 15) is 9.59 Å². The average Bonchev–Trinajstić information content (AvgIpc) is 3.20. The number of nitrogens with one attached hydrogen (secondary N) is 1. The first kappa shape index (κ1) is 20.7. The Kier molecular flexibility index (Phi) is 7.03. The largest absolute Gasteiger partial charge is 0.351 e. The topological polar surface area (TPSA) is 78.7 Å². The number of hydrogen-bond donors (Lipinski definition) is 2. The van der Waals surface area contributed by atoms with Crippen LogP contribution in [-0.2, 0) is 16.1 Å². The predicted molar refractivity (Wildman–Crippen MR) is 105 cm³/mol. The van der Waals surface area contributed by atoms with Gasteiger partial charge in [-0.1, -0.05) is 19.1 Å². The molecular weight excluding hydrogens is 352 g/mol. The molecule has 2 fully saturated rings. The Morgan fingerprint density at radius 1 is 1.27 bits per heavy atom. The number of rotatable bonds is 6. The number of nitrogens with two attached hydrogens (primary N) is 1. The van der Waals surface area contributed by atoms with Crippen LogP contribution in [0.3, 0.4) is 0 Å². The molecule has 0 aliphatic carbocycles. The number of likely N-dealkylation sites (tertiary alicyclic amines) is 1. The van der Waals surface area contributed by atoms with Gasteiger partial charge < -0.3 is 16.0 Å². The lowest BCUT2D eigenvalue weighted by Gasteiger charge is -2.22. The van der Waals surface area contributed by atoms with E-state index in [1.54, 1.807) is 0 Å². The van der Waals surface area contributed by atoms with Crippen LogP contribution in [0.4, 0.5) is 5.69 Å². The summed E-state index contributed by atoms with van der Waals surface area (Å²) in [5.41, 5.74) is 7.93. The molecule has 2 amide bonds. The maximum atomic E-state index is 12.2. The standard InChI is InChI=1S/C19H28N4O2.ClH/c1-19(13-20)8-10-22(14-19)12-17(24)21-11-15-4-6-16(7-5-15)23-9-2-3-18(23)25;/h4-7H,2-3,8-14,20H2,1H3,(H,21,24);1H. The number of benzene rings is 1. The molecule has 0 saturated carbocycles. The number of anilines is 1. The number of halogens is 1. The van der Waals surface area contributed by atoms with Gasteiger partial charge in [-0.3, -0.25) is 14.5 Å². The van der Waals surface area contributed by atoms with Gasteiger partial charge in [0.15, 0.2) is 0 Å². The van der Waals surface area contributed by atoms with E-state index in [1.165, 1.54) is 0 Å². The van der Waals surface area contributed by atoms with Crippen LogP contribution in [0.2, 0.25) is 0 Å². The van der Waals surface area contributed by atoms with Crippen LogP contribution in [0.25, 0.3) is 0 Å². The maximum Gasteiger partial charge on any atom is 0.234 e. The van der Waals surface area contributed by atoms with Crippen molar-refractivity contribution >= 4 is 29.9 Å². The van der Waals surface area contributed by atoms with Crippen molar-refractivity contribution in [2.75, 3.05) is 37.6 Å². The van der Waals surface area contributed by atoms with Crippen LogP contribution in [-0.4, -0.2) is 49.4 Å². The van der Waals surface area contributed by atoms with Gasteiger partial charge in [-0.05, 0) is 49.0 Å². The third kappa shape index (κ3) is 4.96. The lowest BCUT2D eigenvalue weighted by Crippen LogP contribution is -2.38. The van der Waals surface area contributed by atoms with E-state index in [4.69, 9.17) is 5.73 Å². The minimum absolute atomic E-state index is 0. The highest BCUT2D eigenvalue weighted by atomic mass is 35.5. The van der Waals surface area contributed by atoms with Crippen molar-refractivity contribution in [3.63, 3.8) is 0 Å². The third-order valence-electron chi connectivity index (χ3n) is 5.31. The third-order valence-corrected chi connectivity index (χ3v) is 5.31. The second-order valence-electron chi connectivity index (χ2n) is 7.57. The van der Waals surface area contributed by atoms with Gasteiger partial charge in [-0.25, -0.2) is 0 Å². The molecule has 3 N–H and O–H groups in total. The fourth-order valence-corrected chi connectivity index (χ4v) is 3.60. The molecule has 3 rings (SSSR count). The van der Waals surface area contributed by atoms with E-state index >= 15 is 0 Å². The first-order chi connectivity index (χ1) is 12.0. The Morgan fingerprint density at radius 3 is 2.58 bits per heavy atom. The molecule has 1 aromatic rings. The van der Waals surface area contributed by atoms with Gasteiger partial charge in [0.2, 0.25) is 11.8 Å². The monoisotopic (exact) mass is 380 g/mol. The summed E-state index contributed by atoms with van der Waals surface area (Å²) in [7, 11) is 0. The Balaban J connectivity index is 0.00000243. The quantitative estimate of drug-likeness (QED) is 0.784. The van der Waals surface area contributed by atoms with Crippen LogP contribution in [0.1, 0.15) is 31.7 Å². The number of carbonyl (C=O) groups is 2. The second kappa shape index (κ2) is 8.84. The average molecular weight is 381 g/mol. The molecule has 2 aliphatic rings. The molecule has 0 bridgehead atoms. The van der Waals surface area contributed by atoms with Crippen molar-refractivity contribution in [3.05, 3.63) is 29.8 Å². The Morgan fingerprint density at radius 2 is 2.00 bits per heavy atom. The Labute approximate surface area is 161 Å². The molecule has 1 aromatic carbocycles. The van der Waals surface area contributed by atoms with Crippen LogP contribution < -0.4 is 16.0 Å². The van der Waals surface area contributed by atoms with Crippen molar-refractivity contribution in [3.8, 4) is 0 Å². The van der Waals surface area contributed by atoms with Gasteiger partial charge in [0.05, 0.1) is 6.54 Å². The zero-order valence-corrected chi connectivity index (χ0v) is 16.2. The van der Waals surface area contributed by atoms with E-state index < -0.39 is 0 Å². The van der Waals surface area contributed by atoms with Crippen LogP contribution in [0.5, 0.6) is 0 Å². The number of nitrogens with zero attached hydrogens (tertiary/aromatic N) is 2. The molecule has 0 aromatic heterocycles. The molecule has 1 atom stereocenters. The summed E-state index contributed by atoms with van der Waals surface area (Å²) in [5, 5.41) is 2.98. The van der Waals surface area contributed by atoms with E-state index in [0.29, 0.717) is 26.1 Å². The highest BCUT2D eigenvalue weighted by Crippen LogP contribution is 2.28. The lowest BCUT2D eigenvalue weighted by molar-refractivity contribution is -0.122. The molecule has 0 radical (unpaired) electrons. The lowest BCUT2D eigenvalue weighted by atomic mass is 9.90. The smallest absolute Gasteiger partial charge is 0.234 e.